The van der Waals surface area contributed by atoms with E-state index in [1.807, 2.05) is 6.07 Å². The fourth-order valence-corrected chi connectivity index (χ4v) is 1.34. The van der Waals surface area contributed by atoms with Crippen LogP contribution in [0.5, 0.6) is 0 Å². The van der Waals surface area contributed by atoms with Gasteiger partial charge in [0.2, 0.25) is 0 Å². The van der Waals surface area contributed by atoms with E-state index >= 15 is 0 Å². The molecular formula is C12H19FN2O. The average molecular weight is 226 g/mol. The van der Waals surface area contributed by atoms with Crippen molar-refractivity contribution in [3.8, 4) is 0 Å². The van der Waals surface area contributed by atoms with E-state index in [2.05, 4.69) is 10.6 Å². The Labute approximate surface area is 96.0 Å². The van der Waals surface area contributed by atoms with E-state index in [0.29, 0.717) is 18.7 Å². The van der Waals surface area contributed by atoms with Crippen molar-refractivity contribution in [2.24, 2.45) is 0 Å². The first kappa shape index (κ1) is 13.1. The summed E-state index contributed by atoms with van der Waals surface area (Å²) in [5.74, 6) is -0.151. The van der Waals surface area contributed by atoms with Crippen LogP contribution in [-0.2, 0) is 11.3 Å². The quantitative estimate of drug-likeness (QED) is 0.652. The van der Waals surface area contributed by atoms with E-state index in [0.717, 1.165) is 19.6 Å². The van der Waals surface area contributed by atoms with Crippen LogP contribution in [0.15, 0.2) is 24.3 Å². The first-order chi connectivity index (χ1) is 7.84. The highest BCUT2D eigenvalue weighted by Crippen LogP contribution is 2.04. The Morgan fingerprint density at radius 1 is 1.12 bits per heavy atom. The molecule has 0 aliphatic carbocycles. The van der Waals surface area contributed by atoms with Crippen LogP contribution in [-0.4, -0.2) is 33.4 Å². The van der Waals surface area contributed by atoms with Gasteiger partial charge in [0.15, 0.2) is 0 Å². The molecule has 2 N–H and O–H groups in total. The van der Waals surface area contributed by atoms with Gasteiger partial charge in [-0.15, -0.1) is 0 Å². The summed E-state index contributed by atoms with van der Waals surface area (Å²) in [6.07, 6.45) is 0. The topological polar surface area (TPSA) is 33.3 Å². The van der Waals surface area contributed by atoms with Gasteiger partial charge >= 0.3 is 0 Å². The van der Waals surface area contributed by atoms with E-state index in [-0.39, 0.29) is 5.82 Å². The largest absolute Gasteiger partial charge is 0.383 e. The van der Waals surface area contributed by atoms with Crippen molar-refractivity contribution in [2.75, 3.05) is 33.4 Å². The fourth-order valence-electron chi connectivity index (χ4n) is 1.34. The number of hydrogen-bond acceptors (Lipinski definition) is 3. The van der Waals surface area contributed by atoms with Gasteiger partial charge in [-0.3, -0.25) is 0 Å². The van der Waals surface area contributed by atoms with Crippen LogP contribution in [0.2, 0.25) is 0 Å². The summed E-state index contributed by atoms with van der Waals surface area (Å²) >= 11 is 0. The molecule has 0 fully saturated rings. The molecule has 0 bridgehead atoms. The van der Waals surface area contributed by atoms with Crippen LogP contribution in [0.4, 0.5) is 4.39 Å². The maximum atomic E-state index is 13.2. The molecule has 4 heteroatoms. The van der Waals surface area contributed by atoms with Gasteiger partial charge in [-0.2, -0.15) is 0 Å². The normalized spacial score (nSPS) is 10.6. The third kappa shape index (κ3) is 5.21. The van der Waals surface area contributed by atoms with Crippen LogP contribution in [0.3, 0.4) is 0 Å². The molecule has 90 valence electrons. The van der Waals surface area contributed by atoms with Crippen molar-refractivity contribution in [2.45, 2.75) is 6.54 Å². The third-order valence-corrected chi connectivity index (χ3v) is 2.23. The Bertz CT molecular complexity index is 294. The summed E-state index contributed by atoms with van der Waals surface area (Å²) in [4.78, 5) is 0. The van der Waals surface area contributed by atoms with Crippen LogP contribution < -0.4 is 10.6 Å². The fraction of sp³-hybridized carbons (Fsp3) is 0.500. The van der Waals surface area contributed by atoms with Crippen molar-refractivity contribution in [3.63, 3.8) is 0 Å². The van der Waals surface area contributed by atoms with Gasteiger partial charge in [0.05, 0.1) is 6.61 Å². The number of ether oxygens (including phenoxy) is 1. The molecule has 0 aliphatic rings. The Morgan fingerprint density at radius 2 is 1.88 bits per heavy atom. The number of halogens is 1. The first-order valence-corrected chi connectivity index (χ1v) is 5.48. The lowest BCUT2D eigenvalue weighted by atomic mass is 10.2. The van der Waals surface area contributed by atoms with E-state index in [4.69, 9.17) is 4.74 Å². The monoisotopic (exact) mass is 226 g/mol. The maximum Gasteiger partial charge on any atom is 0.127 e. The SMILES string of the molecule is COCCNCCNCc1ccccc1F. The van der Waals surface area contributed by atoms with Crippen LogP contribution in [0.1, 0.15) is 5.56 Å². The molecule has 0 saturated heterocycles. The Balaban J connectivity index is 2.05. The molecular weight excluding hydrogens is 207 g/mol. The van der Waals surface area contributed by atoms with Gasteiger partial charge in [0.1, 0.15) is 5.82 Å². The Hall–Kier alpha value is -0.970. The lowest BCUT2D eigenvalue weighted by Crippen LogP contribution is -2.29. The summed E-state index contributed by atoms with van der Waals surface area (Å²) in [6.45, 7) is 3.81. The number of methoxy groups -OCH3 is 1. The molecule has 0 spiro atoms. The highest BCUT2D eigenvalue weighted by molar-refractivity contribution is 5.16. The molecule has 0 amide bonds. The molecule has 16 heavy (non-hydrogen) atoms. The molecule has 3 nitrogen and oxygen atoms in total. The van der Waals surface area contributed by atoms with Crippen LogP contribution >= 0.6 is 0 Å². The highest BCUT2D eigenvalue weighted by atomic mass is 19.1. The second kappa shape index (κ2) is 8.21. The molecule has 1 aromatic carbocycles. The molecule has 1 rings (SSSR count). The minimum absolute atomic E-state index is 0.151. The molecule has 0 aromatic heterocycles. The molecule has 0 atom stereocenters. The second-order valence-corrected chi connectivity index (χ2v) is 3.51. The third-order valence-electron chi connectivity index (χ3n) is 2.23. The van der Waals surface area contributed by atoms with Crippen molar-refractivity contribution < 1.29 is 9.13 Å². The molecule has 0 radical (unpaired) electrons. The zero-order valence-corrected chi connectivity index (χ0v) is 9.63. The number of rotatable bonds is 8. The maximum absolute atomic E-state index is 13.2. The predicted molar refractivity (Wildman–Crippen MR) is 62.9 cm³/mol. The minimum Gasteiger partial charge on any atom is -0.383 e. The van der Waals surface area contributed by atoms with Gasteiger partial charge < -0.3 is 15.4 Å². The number of benzene rings is 1. The van der Waals surface area contributed by atoms with Crippen molar-refractivity contribution in [3.05, 3.63) is 35.6 Å². The Morgan fingerprint density at radius 3 is 2.62 bits per heavy atom. The molecule has 0 heterocycles. The summed E-state index contributed by atoms with van der Waals surface area (Å²) in [7, 11) is 1.68. The van der Waals surface area contributed by atoms with Gasteiger partial charge in [-0.25, -0.2) is 4.39 Å². The summed E-state index contributed by atoms with van der Waals surface area (Å²) in [5.41, 5.74) is 0.708. The zero-order chi connectivity index (χ0) is 11.6. The lowest BCUT2D eigenvalue weighted by molar-refractivity contribution is 0.199. The molecule has 0 unspecified atom stereocenters. The summed E-state index contributed by atoms with van der Waals surface area (Å²) in [5, 5.41) is 6.38. The van der Waals surface area contributed by atoms with Crippen LogP contribution in [0.25, 0.3) is 0 Å². The molecule has 1 aromatic rings. The van der Waals surface area contributed by atoms with Crippen molar-refractivity contribution >= 4 is 0 Å². The molecule has 0 saturated carbocycles. The van der Waals surface area contributed by atoms with Gasteiger partial charge in [0.25, 0.3) is 0 Å². The summed E-state index contributed by atoms with van der Waals surface area (Å²) in [6, 6.07) is 6.82. The van der Waals surface area contributed by atoms with Gasteiger partial charge in [-0.05, 0) is 6.07 Å². The van der Waals surface area contributed by atoms with E-state index < -0.39 is 0 Å². The minimum atomic E-state index is -0.151. The highest BCUT2D eigenvalue weighted by Gasteiger charge is 1.98. The predicted octanol–water partition coefficient (Wildman–Crippen LogP) is 1.15. The van der Waals surface area contributed by atoms with Gasteiger partial charge in [0, 0.05) is 38.9 Å². The number of hydrogen-bond donors (Lipinski definition) is 2. The van der Waals surface area contributed by atoms with E-state index in [1.165, 1.54) is 6.07 Å². The van der Waals surface area contributed by atoms with E-state index in [9.17, 15) is 4.39 Å². The van der Waals surface area contributed by atoms with Crippen molar-refractivity contribution in [1.82, 2.24) is 10.6 Å². The lowest BCUT2D eigenvalue weighted by Gasteiger charge is -2.06. The number of nitrogens with one attached hydrogen (secondary N) is 2. The van der Waals surface area contributed by atoms with Gasteiger partial charge in [-0.1, -0.05) is 18.2 Å². The molecule has 0 aliphatic heterocycles. The smallest absolute Gasteiger partial charge is 0.127 e. The van der Waals surface area contributed by atoms with Crippen LogP contribution in [0, 0.1) is 5.82 Å². The second-order valence-electron chi connectivity index (χ2n) is 3.51. The Kier molecular flexibility index (Phi) is 6.72. The summed E-state index contributed by atoms with van der Waals surface area (Å²) < 4.78 is 18.1. The van der Waals surface area contributed by atoms with Crippen molar-refractivity contribution in [1.29, 1.82) is 0 Å². The first-order valence-electron chi connectivity index (χ1n) is 5.48. The zero-order valence-electron chi connectivity index (χ0n) is 9.63. The average Bonchev–Trinajstić information content (AvgIpc) is 2.30. The van der Waals surface area contributed by atoms with E-state index in [1.54, 1.807) is 19.2 Å². The standard InChI is InChI=1S/C12H19FN2O/c1-16-9-8-14-6-7-15-10-11-4-2-3-5-12(11)13/h2-5,14-15H,6-10H2,1H3.